The fraction of sp³-hybridized carbons (Fsp3) is 0.778. The average molecular weight is 152 g/mol. The molecule has 1 rings (SSSR count). The minimum atomic E-state index is 0.326. The summed E-state index contributed by atoms with van der Waals surface area (Å²) in [4.78, 5) is 0. The first-order chi connectivity index (χ1) is 5.11. The third-order valence-corrected chi connectivity index (χ3v) is 1.92. The minimum absolute atomic E-state index is 0.326. The lowest BCUT2D eigenvalue weighted by atomic mass is 10.0. The van der Waals surface area contributed by atoms with Gasteiger partial charge in [0.1, 0.15) is 0 Å². The Morgan fingerprint density at radius 3 is 2.18 bits per heavy atom. The molecule has 2 heteroatoms. The van der Waals surface area contributed by atoms with Crippen LogP contribution in [0.3, 0.4) is 0 Å². The molecule has 1 unspecified atom stereocenters. The Balaban J connectivity index is 2.63. The lowest BCUT2D eigenvalue weighted by Gasteiger charge is -2.05. The second-order valence-corrected chi connectivity index (χ2v) is 3.70. The Morgan fingerprint density at radius 1 is 1.27 bits per heavy atom. The number of nitrogens with zero attached hydrogens (tertiary/aromatic N) is 2. The average Bonchev–Trinajstić information content (AvgIpc) is 2.33. The highest BCUT2D eigenvalue weighted by Gasteiger charge is 2.17. The maximum absolute atomic E-state index is 4.17. The Hall–Kier alpha value is -0.660. The summed E-state index contributed by atoms with van der Waals surface area (Å²) >= 11 is 0. The lowest BCUT2D eigenvalue weighted by Crippen LogP contribution is -2.06. The van der Waals surface area contributed by atoms with Crippen LogP contribution in [0.15, 0.2) is 22.0 Å². The molecule has 0 spiro atoms. The first kappa shape index (κ1) is 8.44. The van der Waals surface area contributed by atoms with Crippen molar-refractivity contribution in [3.63, 3.8) is 0 Å². The Kier molecular flexibility index (Phi) is 2.42. The first-order valence-electron chi connectivity index (χ1n) is 4.24. The van der Waals surface area contributed by atoms with Crippen LogP contribution in [0.1, 0.15) is 27.7 Å². The van der Waals surface area contributed by atoms with Gasteiger partial charge < -0.3 is 0 Å². The molecule has 0 N–H and O–H groups in total. The topological polar surface area (TPSA) is 24.7 Å². The summed E-state index contributed by atoms with van der Waals surface area (Å²) in [5.41, 5.74) is 1.14. The van der Waals surface area contributed by atoms with Gasteiger partial charge in [0.25, 0.3) is 0 Å². The van der Waals surface area contributed by atoms with Gasteiger partial charge in [-0.05, 0) is 17.9 Å². The van der Waals surface area contributed by atoms with Crippen LogP contribution in [-0.4, -0.2) is 6.04 Å². The first-order valence-corrected chi connectivity index (χ1v) is 4.24. The van der Waals surface area contributed by atoms with Crippen LogP contribution in [0.4, 0.5) is 0 Å². The number of rotatable bonds is 2. The summed E-state index contributed by atoms with van der Waals surface area (Å²) in [6.07, 6.45) is 2.18. The van der Waals surface area contributed by atoms with Crippen molar-refractivity contribution >= 4 is 0 Å². The molecule has 1 atom stereocenters. The van der Waals surface area contributed by atoms with E-state index in [0.29, 0.717) is 17.9 Å². The van der Waals surface area contributed by atoms with Gasteiger partial charge >= 0.3 is 0 Å². The van der Waals surface area contributed by atoms with Gasteiger partial charge in [0, 0.05) is 0 Å². The van der Waals surface area contributed by atoms with E-state index in [1.54, 1.807) is 0 Å². The van der Waals surface area contributed by atoms with Crippen molar-refractivity contribution in [3.8, 4) is 0 Å². The molecule has 0 bridgehead atoms. The van der Waals surface area contributed by atoms with Gasteiger partial charge in [0.2, 0.25) is 0 Å². The molecule has 11 heavy (non-hydrogen) atoms. The van der Waals surface area contributed by atoms with E-state index in [9.17, 15) is 0 Å². The predicted molar refractivity (Wildman–Crippen MR) is 46.4 cm³/mol. The van der Waals surface area contributed by atoms with Crippen LogP contribution in [0.25, 0.3) is 0 Å². The van der Waals surface area contributed by atoms with Crippen LogP contribution in [0.5, 0.6) is 0 Å². The van der Waals surface area contributed by atoms with E-state index < -0.39 is 0 Å². The van der Waals surface area contributed by atoms with Crippen molar-refractivity contribution in [3.05, 3.63) is 11.8 Å². The van der Waals surface area contributed by atoms with E-state index in [0.717, 1.165) is 5.70 Å². The zero-order valence-electron chi connectivity index (χ0n) is 7.70. The van der Waals surface area contributed by atoms with E-state index in [1.165, 1.54) is 0 Å². The lowest BCUT2D eigenvalue weighted by molar-refractivity contribution is 0.567. The highest BCUT2D eigenvalue weighted by atomic mass is 15.2. The largest absolute Gasteiger partial charge is 0.181 e. The molecule has 1 aliphatic heterocycles. The summed E-state index contributed by atoms with van der Waals surface area (Å²) < 4.78 is 0. The maximum Gasteiger partial charge on any atom is 0.0936 e. The molecule has 0 amide bonds. The summed E-state index contributed by atoms with van der Waals surface area (Å²) in [5.74, 6) is 1.09. The highest BCUT2D eigenvalue weighted by molar-refractivity contribution is 5.12. The van der Waals surface area contributed by atoms with Gasteiger partial charge in [0.15, 0.2) is 0 Å². The third-order valence-electron chi connectivity index (χ3n) is 1.92. The SMILES string of the molecule is CC(C)C1=CC(C(C)C)N=N1. The molecule has 0 aromatic rings. The molecule has 0 saturated heterocycles. The summed E-state index contributed by atoms with van der Waals surface area (Å²) in [7, 11) is 0. The van der Waals surface area contributed by atoms with Crippen molar-refractivity contribution < 1.29 is 0 Å². The van der Waals surface area contributed by atoms with E-state index in [-0.39, 0.29) is 0 Å². The molecule has 1 heterocycles. The fourth-order valence-electron chi connectivity index (χ4n) is 1.01. The maximum atomic E-state index is 4.17. The highest BCUT2D eigenvalue weighted by Crippen LogP contribution is 2.23. The van der Waals surface area contributed by atoms with E-state index in [2.05, 4.69) is 44.0 Å². The molecule has 2 nitrogen and oxygen atoms in total. The molecule has 0 aromatic carbocycles. The third kappa shape index (κ3) is 1.88. The Labute approximate surface area is 68.4 Å². The van der Waals surface area contributed by atoms with Crippen molar-refractivity contribution in [2.45, 2.75) is 33.7 Å². The van der Waals surface area contributed by atoms with Gasteiger partial charge in [0.05, 0.1) is 11.7 Å². The van der Waals surface area contributed by atoms with E-state index in [1.807, 2.05) is 0 Å². The molecule has 0 aliphatic carbocycles. The molecule has 1 aliphatic rings. The molecule has 0 aromatic heterocycles. The fourth-order valence-corrected chi connectivity index (χ4v) is 1.01. The zero-order chi connectivity index (χ0) is 8.43. The molecule has 62 valence electrons. The molecule has 0 fully saturated rings. The van der Waals surface area contributed by atoms with Gasteiger partial charge in [-0.3, -0.25) is 0 Å². The number of allylic oxidation sites excluding steroid dienone is 1. The molecule has 0 saturated carbocycles. The summed E-state index contributed by atoms with van der Waals surface area (Å²) in [5, 5.41) is 8.29. The van der Waals surface area contributed by atoms with Gasteiger partial charge in [-0.2, -0.15) is 10.2 Å². The van der Waals surface area contributed by atoms with Gasteiger partial charge in [-0.1, -0.05) is 27.7 Å². The number of hydrogen-bond donors (Lipinski definition) is 0. The van der Waals surface area contributed by atoms with Crippen LogP contribution in [0.2, 0.25) is 0 Å². The van der Waals surface area contributed by atoms with Crippen molar-refractivity contribution in [2.75, 3.05) is 0 Å². The molecule has 0 radical (unpaired) electrons. The van der Waals surface area contributed by atoms with Crippen molar-refractivity contribution in [1.82, 2.24) is 0 Å². The molecular formula is C9H16N2. The standard InChI is InChI=1S/C9H16N2/c1-6(2)8-5-9(7(3)4)11-10-8/h5-8H,1-4H3. The van der Waals surface area contributed by atoms with Crippen LogP contribution in [-0.2, 0) is 0 Å². The summed E-state index contributed by atoms with van der Waals surface area (Å²) in [6, 6.07) is 0.326. The normalized spacial score (nSPS) is 23.5. The molecular weight excluding hydrogens is 136 g/mol. The quantitative estimate of drug-likeness (QED) is 0.581. The second-order valence-electron chi connectivity index (χ2n) is 3.70. The summed E-state index contributed by atoms with van der Waals surface area (Å²) in [6.45, 7) is 8.63. The number of hydrogen-bond acceptors (Lipinski definition) is 2. The van der Waals surface area contributed by atoms with E-state index >= 15 is 0 Å². The van der Waals surface area contributed by atoms with Crippen molar-refractivity contribution in [1.29, 1.82) is 0 Å². The van der Waals surface area contributed by atoms with Crippen LogP contribution < -0.4 is 0 Å². The second kappa shape index (κ2) is 3.16. The van der Waals surface area contributed by atoms with E-state index in [4.69, 9.17) is 0 Å². The Morgan fingerprint density at radius 2 is 1.91 bits per heavy atom. The van der Waals surface area contributed by atoms with Crippen molar-refractivity contribution in [2.24, 2.45) is 22.1 Å². The number of azo groups is 1. The Bertz CT molecular complexity index is 190. The minimum Gasteiger partial charge on any atom is -0.181 e. The van der Waals surface area contributed by atoms with Crippen LogP contribution >= 0.6 is 0 Å². The van der Waals surface area contributed by atoms with Gasteiger partial charge in [-0.25, -0.2) is 0 Å². The monoisotopic (exact) mass is 152 g/mol. The zero-order valence-corrected chi connectivity index (χ0v) is 7.70. The smallest absolute Gasteiger partial charge is 0.0936 e. The van der Waals surface area contributed by atoms with Crippen LogP contribution in [0, 0.1) is 11.8 Å². The van der Waals surface area contributed by atoms with Gasteiger partial charge in [-0.15, -0.1) is 0 Å². The predicted octanol–water partition coefficient (Wildman–Crippen LogP) is 3.02.